The lowest BCUT2D eigenvalue weighted by Crippen LogP contribution is -2.40. The van der Waals surface area contributed by atoms with E-state index < -0.39 is 6.10 Å². The van der Waals surface area contributed by atoms with Crippen LogP contribution in [0.3, 0.4) is 0 Å². The van der Waals surface area contributed by atoms with Crippen molar-refractivity contribution in [1.29, 1.82) is 0 Å². The summed E-state index contributed by atoms with van der Waals surface area (Å²) in [6.45, 7) is 8.07. The minimum atomic E-state index is -0.545. The molecular formula is C23H31NO4. The van der Waals surface area contributed by atoms with Crippen LogP contribution in [0, 0.1) is 13.8 Å². The van der Waals surface area contributed by atoms with Crippen LogP contribution in [-0.4, -0.2) is 26.2 Å². The van der Waals surface area contributed by atoms with Gasteiger partial charge in [-0.15, -0.1) is 0 Å². The van der Waals surface area contributed by atoms with E-state index in [9.17, 15) is 4.79 Å². The van der Waals surface area contributed by atoms with Crippen molar-refractivity contribution in [3.63, 3.8) is 0 Å². The molecule has 0 radical (unpaired) electrons. The second kappa shape index (κ2) is 10.0. The van der Waals surface area contributed by atoms with Crippen LogP contribution < -0.4 is 19.5 Å². The molecule has 0 unspecified atom stereocenters. The van der Waals surface area contributed by atoms with E-state index in [1.165, 1.54) is 5.56 Å². The van der Waals surface area contributed by atoms with Crippen LogP contribution in [-0.2, 0) is 4.79 Å². The van der Waals surface area contributed by atoms with Gasteiger partial charge in [0.15, 0.2) is 17.6 Å². The third kappa shape index (κ3) is 5.18. The number of amides is 1. The number of benzene rings is 2. The highest BCUT2D eigenvalue weighted by Crippen LogP contribution is 2.31. The summed E-state index contributed by atoms with van der Waals surface area (Å²) in [6, 6.07) is 11.4. The summed E-state index contributed by atoms with van der Waals surface area (Å²) < 4.78 is 16.6. The normalized spacial score (nSPS) is 12.8. The predicted octanol–water partition coefficient (Wildman–Crippen LogP) is 4.75. The third-order valence-corrected chi connectivity index (χ3v) is 4.95. The van der Waals surface area contributed by atoms with Gasteiger partial charge in [-0.2, -0.15) is 0 Å². The minimum Gasteiger partial charge on any atom is -0.493 e. The highest BCUT2D eigenvalue weighted by Gasteiger charge is 2.22. The van der Waals surface area contributed by atoms with Crippen LogP contribution in [0.4, 0.5) is 0 Å². The number of rotatable bonds is 9. The van der Waals surface area contributed by atoms with Crippen LogP contribution >= 0.6 is 0 Å². The summed E-state index contributed by atoms with van der Waals surface area (Å²) in [7, 11) is 3.21. The fraction of sp³-hybridized carbons (Fsp3) is 0.435. The molecule has 0 aliphatic rings. The van der Waals surface area contributed by atoms with Crippen molar-refractivity contribution < 1.29 is 19.0 Å². The Labute approximate surface area is 168 Å². The first-order valence-corrected chi connectivity index (χ1v) is 9.69. The van der Waals surface area contributed by atoms with Crippen molar-refractivity contribution in [1.82, 2.24) is 5.32 Å². The number of hydrogen-bond acceptors (Lipinski definition) is 4. The molecule has 0 aliphatic heterocycles. The van der Waals surface area contributed by atoms with Crippen LogP contribution in [0.15, 0.2) is 36.4 Å². The Morgan fingerprint density at radius 2 is 1.64 bits per heavy atom. The number of hydrogen-bond donors (Lipinski definition) is 1. The van der Waals surface area contributed by atoms with Gasteiger partial charge in [0.2, 0.25) is 0 Å². The second-order valence-electron chi connectivity index (χ2n) is 6.84. The van der Waals surface area contributed by atoms with E-state index in [-0.39, 0.29) is 11.9 Å². The quantitative estimate of drug-likeness (QED) is 0.677. The topological polar surface area (TPSA) is 56.8 Å². The van der Waals surface area contributed by atoms with E-state index in [1.807, 2.05) is 57.2 Å². The molecule has 2 atom stereocenters. The molecule has 1 amide bonds. The van der Waals surface area contributed by atoms with Gasteiger partial charge in [-0.1, -0.05) is 26.0 Å². The Hall–Kier alpha value is -2.69. The number of nitrogens with one attached hydrogen (secondary N) is 1. The molecule has 0 bridgehead atoms. The molecule has 2 aromatic carbocycles. The molecule has 0 saturated heterocycles. The van der Waals surface area contributed by atoms with Gasteiger partial charge >= 0.3 is 0 Å². The van der Waals surface area contributed by atoms with Crippen molar-refractivity contribution >= 4 is 5.91 Å². The van der Waals surface area contributed by atoms with Crippen molar-refractivity contribution in [2.75, 3.05) is 14.2 Å². The van der Waals surface area contributed by atoms with E-state index >= 15 is 0 Å². The van der Waals surface area contributed by atoms with Gasteiger partial charge in [-0.05, 0) is 67.6 Å². The van der Waals surface area contributed by atoms with Crippen molar-refractivity contribution in [2.24, 2.45) is 0 Å². The SMILES string of the molecule is CC[C@H](NC(=O)[C@@H](CC)Oc1ccc(C)c(C)c1)c1ccc(OC)c(OC)c1. The van der Waals surface area contributed by atoms with Crippen LogP contribution in [0.25, 0.3) is 0 Å². The van der Waals surface area contributed by atoms with Gasteiger partial charge < -0.3 is 19.5 Å². The smallest absolute Gasteiger partial charge is 0.261 e. The molecule has 5 heteroatoms. The van der Waals surface area contributed by atoms with Crippen LogP contribution in [0.5, 0.6) is 17.2 Å². The zero-order valence-corrected chi connectivity index (χ0v) is 17.7. The Morgan fingerprint density at radius 1 is 0.929 bits per heavy atom. The monoisotopic (exact) mass is 385 g/mol. The van der Waals surface area contributed by atoms with Crippen LogP contribution in [0.2, 0.25) is 0 Å². The standard InChI is InChI=1S/C23H31NO4/c1-7-19(17-10-12-21(26-5)22(14-17)27-6)24-23(25)20(8-2)28-18-11-9-15(3)16(4)13-18/h9-14,19-20H,7-8H2,1-6H3,(H,24,25)/t19-,20+/m0/s1. The van der Waals surface area contributed by atoms with Gasteiger partial charge in [-0.3, -0.25) is 4.79 Å². The molecule has 2 rings (SSSR count). The molecule has 1 N–H and O–H groups in total. The molecule has 0 aliphatic carbocycles. The molecule has 0 heterocycles. The van der Waals surface area contributed by atoms with E-state index in [0.717, 1.165) is 17.5 Å². The van der Waals surface area contributed by atoms with Gasteiger partial charge in [-0.25, -0.2) is 0 Å². The Kier molecular flexibility index (Phi) is 7.73. The predicted molar refractivity (Wildman–Crippen MR) is 111 cm³/mol. The largest absolute Gasteiger partial charge is 0.493 e. The van der Waals surface area contributed by atoms with Crippen molar-refractivity contribution in [2.45, 2.75) is 52.7 Å². The highest BCUT2D eigenvalue weighted by molar-refractivity contribution is 5.81. The maximum atomic E-state index is 12.9. The van der Waals surface area contributed by atoms with Gasteiger partial charge in [0, 0.05) is 0 Å². The number of methoxy groups -OCH3 is 2. The summed E-state index contributed by atoms with van der Waals surface area (Å²) in [5.74, 6) is 1.90. The first-order valence-electron chi connectivity index (χ1n) is 9.69. The second-order valence-corrected chi connectivity index (χ2v) is 6.84. The zero-order chi connectivity index (χ0) is 20.7. The average Bonchev–Trinajstić information content (AvgIpc) is 2.71. The fourth-order valence-corrected chi connectivity index (χ4v) is 3.03. The molecule has 0 fully saturated rings. The molecule has 5 nitrogen and oxygen atoms in total. The molecule has 0 saturated carbocycles. The molecule has 2 aromatic rings. The lowest BCUT2D eigenvalue weighted by molar-refractivity contribution is -0.128. The summed E-state index contributed by atoms with van der Waals surface area (Å²) in [6.07, 6.45) is 0.791. The summed E-state index contributed by atoms with van der Waals surface area (Å²) in [5, 5.41) is 3.11. The Bertz CT molecular complexity index is 803. The van der Waals surface area contributed by atoms with E-state index in [4.69, 9.17) is 14.2 Å². The van der Waals surface area contributed by atoms with Gasteiger partial charge in [0.05, 0.1) is 20.3 Å². The third-order valence-electron chi connectivity index (χ3n) is 4.95. The summed E-state index contributed by atoms with van der Waals surface area (Å²) >= 11 is 0. The molecule has 152 valence electrons. The Morgan fingerprint density at radius 3 is 2.21 bits per heavy atom. The van der Waals surface area contributed by atoms with E-state index in [2.05, 4.69) is 12.2 Å². The number of aryl methyl sites for hydroxylation is 2. The maximum absolute atomic E-state index is 12.9. The summed E-state index contributed by atoms with van der Waals surface area (Å²) in [4.78, 5) is 12.9. The lowest BCUT2D eigenvalue weighted by atomic mass is 10.0. The molecule has 28 heavy (non-hydrogen) atoms. The van der Waals surface area contributed by atoms with Crippen molar-refractivity contribution in [3.8, 4) is 17.2 Å². The lowest BCUT2D eigenvalue weighted by Gasteiger charge is -2.23. The Balaban J connectivity index is 2.13. The average molecular weight is 386 g/mol. The van der Waals surface area contributed by atoms with E-state index in [1.54, 1.807) is 14.2 Å². The fourth-order valence-electron chi connectivity index (χ4n) is 3.03. The van der Waals surface area contributed by atoms with Gasteiger partial charge in [0.25, 0.3) is 5.91 Å². The first kappa shape index (κ1) is 21.6. The van der Waals surface area contributed by atoms with Gasteiger partial charge in [0.1, 0.15) is 5.75 Å². The molecular weight excluding hydrogens is 354 g/mol. The summed E-state index contributed by atoms with van der Waals surface area (Å²) in [5.41, 5.74) is 3.31. The van der Waals surface area contributed by atoms with Crippen molar-refractivity contribution in [3.05, 3.63) is 53.1 Å². The minimum absolute atomic E-state index is 0.123. The molecule has 0 spiro atoms. The number of ether oxygens (including phenoxy) is 3. The number of carbonyl (C=O) groups excluding carboxylic acids is 1. The van der Waals surface area contributed by atoms with Crippen LogP contribution in [0.1, 0.15) is 49.4 Å². The maximum Gasteiger partial charge on any atom is 0.261 e. The first-order chi connectivity index (χ1) is 13.4. The van der Waals surface area contributed by atoms with E-state index in [0.29, 0.717) is 23.7 Å². The molecule has 0 aromatic heterocycles. The number of carbonyl (C=O) groups is 1. The zero-order valence-electron chi connectivity index (χ0n) is 17.7. The highest BCUT2D eigenvalue weighted by atomic mass is 16.5.